The Morgan fingerprint density at radius 1 is 0.967 bits per heavy atom. The third-order valence-corrected chi connectivity index (χ3v) is 13.2. The highest BCUT2D eigenvalue weighted by Crippen LogP contribution is 2.32. The lowest BCUT2D eigenvalue weighted by Crippen LogP contribution is -2.54. The number of likely N-dealkylation sites (N-methyl/N-ethyl adjacent to an activating group) is 2. The number of aliphatic hydroxyl groups excluding tert-OH is 1. The number of hydrogen-bond acceptors (Lipinski definition) is 10. The highest BCUT2D eigenvalue weighted by atomic mass is 16.7. The van der Waals surface area contributed by atoms with Gasteiger partial charge < -0.3 is 34.7 Å². The molecule has 2 saturated heterocycles. The molecular weight excluding hydrogens is 767 g/mol. The van der Waals surface area contributed by atoms with E-state index in [1.165, 1.54) is 5.06 Å². The number of ketones is 2. The van der Waals surface area contributed by atoms with Crippen LogP contribution in [-0.2, 0) is 44.7 Å². The van der Waals surface area contributed by atoms with Gasteiger partial charge in [0.25, 0.3) is 0 Å². The number of nitrogens with one attached hydrogen (secondary N) is 2. The van der Waals surface area contributed by atoms with Crippen molar-refractivity contribution >= 4 is 40.2 Å². The second kappa shape index (κ2) is 23.0. The average Bonchev–Trinajstić information content (AvgIpc) is 3.89. The van der Waals surface area contributed by atoms with Gasteiger partial charge in [0.2, 0.25) is 17.7 Å². The van der Waals surface area contributed by atoms with Crippen molar-refractivity contribution in [2.24, 2.45) is 29.6 Å². The summed E-state index contributed by atoms with van der Waals surface area (Å²) in [6.45, 7) is 12.7. The molecule has 0 unspecified atom stereocenters. The van der Waals surface area contributed by atoms with E-state index in [4.69, 9.17) is 14.3 Å². The van der Waals surface area contributed by atoms with Gasteiger partial charge in [-0.3, -0.25) is 28.8 Å². The van der Waals surface area contributed by atoms with Crippen LogP contribution in [0.1, 0.15) is 98.5 Å². The molecule has 0 saturated carbocycles. The summed E-state index contributed by atoms with van der Waals surface area (Å²) in [6.07, 6.45) is 3.89. The molecule has 2 aliphatic heterocycles. The summed E-state index contributed by atoms with van der Waals surface area (Å²) in [4.78, 5) is 82.7. The van der Waals surface area contributed by atoms with Crippen molar-refractivity contribution in [2.45, 2.75) is 136 Å². The van der Waals surface area contributed by atoms with Crippen molar-refractivity contribution in [3.8, 4) is 0 Å². The zero-order chi connectivity index (χ0) is 44.3. The minimum absolute atomic E-state index is 0.000197. The summed E-state index contributed by atoms with van der Waals surface area (Å²) in [6, 6.07) is 6.27. The maximum atomic E-state index is 14.4. The minimum atomic E-state index is -0.912. The molecule has 3 N–H and O–H groups in total. The zero-order valence-electron chi connectivity index (χ0n) is 37.8. The summed E-state index contributed by atoms with van der Waals surface area (Å²) in [5.74, 6) is -3.01. The van der Waals surface area contributed by atoms with Gasteiger partial charge >= 0.3 is 0 Å². The topological polar surface area (TPSA) is 171 Å². The number of carbonyl (C=O) groups excluding carboxylic acids is 5. The van der Waals surface area contributed by atoms with E-state index in [1.54, 1.807) is 45.0 Å². The number of amides is 3. The molecule has 0 aliphatic carbocycles. The molecule has 2 aliphatic rings. The van der Waals surface area contributed by atoms with E-state index >= 15 is 0 Å². The van der Waals surface area contributed by atoms with E-state index in [0.717, 1.165) is 42.1 Å². The number of methoxy groups -OCH3 is 2. The van der Waals surface area contributed by atoms with Gasteiger partial charge in [-0.05, 0) is 69.5 Å². The van der Waals surface area contributed by atoms with Crippen LogP contribution in [0, 0.1) is 29.6 Å². The van der Waals surface area contributed by atoms with E-state index in [2.05, 4.69) is 10.3 Å². The molecule has 2 aromatic rings. The maximum absolute atomic E-state index is 14.4. The normalized spacial score (nSPS) is 20.6. The average molecular weight is 840 g/mol. The minimum Gasteiger partial charge on any atom is -0.391 e. The molecule has 0 bridgehead atoms. The van der Waals surface area contributed by atoms with Crippen molar-refractivity contribution < 1.29 is 43.4 Å². The molecule has 1 aromatic heterocycles. The number of nitrogens with zero attached hydrogens (tertiary/aromatic N) is 3. The number of benzene rings is 1. The molecule has 60 heavy (non-hydrogen) atoms. The van der Waals surface area contributed by atoms with Gasteiger partial charge in [-0.15, -0.1) is 0 Å². The number of para-hydroxylation sites is 1. The largest absolute Gasteiger partial charge is 0.391 e. The number of aromatic nitrogens is 1. The van der Waals surface area contributed by atoms with Crippen molar-refractivity contribution in [3.05, 3.63) is 36.0 Å². The fourth-order valence-electron chi connectivity index (χ4n) is 9.44. The second-order valence-electron chi connectivity index (χ2n) is 17.5. The highest BCUT2D eigenvalue weighted by Gasteiger charge is 2.44. The quantitative estimate of drug-likeness (QED) is 0.139. The van der Waals surface area contributed by atoms with Gasteiger partial charge in [0.15, 0.2) is 5.78 Å². The Labute approximate surface area is 357 Å². The molecule has 336 valence electrons. The monoisotopic (exact) mass is 840 g/mol. The summed E-state index contributed by atoms with van der Waals surface area (Å²) in [7, 11) is 6.46. The standard InChI is InChI=1S/C46H73N5O9/c1-11-29(4)43(49(8)46(57)35(28(2)3)25-39(54)42(47-7)31(6)52)40(58-9)26-41(55)50-20-16-19-37(50)44(59-10)30(5)38(53)24-32(45(56)51-21-14-15-22-60-51)23-33-27-48-36-18-13-12-17-34(33)36/h12-13,17-18,27-32,35,37,40,42-44,47-48,52H,11,14-16,19-26H2,1-10H3/t29-,30-,31+,32+,35-,37-,40+,42-,43-,44+/m0/s1. The van der Waals surface area contributed by atoms with Crippen LogP contribution in [0.15, 0.2) is 30.5 Å². The number of hydrogen-bond donors (Lipinski definition) is 3. The number of aliphatic hydroxyl groups is 1. The number of ether oxygens (including phenoxy) is 2. The summed E-state index contributed by atoms with van der Waals surface area (Å²) in [5, 5.41) is 15.5. The Morgan fingerprint density at radius 2 is 1.68 bits per heavy atom. The summed E-state index contributed by atoms with van der Waals surface area (Å²) in [5.41, 5.74) is 1.92. The number of rotatable bonds is 23. The van der Waals surface area contributed by atoms with Gasteiger partial charge in [-0.25, -0.2) is 5.06 Å². The van der Waals surface area contributed by atoms with Gasteiger partial charge in [-0.1, -0.05) is 59.2 Å². The van der Waals surface area contributed by atoms with Gasteiger partial charge in [-0.2, -0.15) is 0 Å². The van der Waals surface area contributed by atoms with Crippen LogP contribution in [0.3, 0.4) is 0 Å². The second-order valence-corrected chi connectivity index (χ2v) is 17.5. The lowest BCUT2D eigenvalue weighted by molar-refractivity contribution is -0.201. The first-order valence-corrected chi connectivity index (χ1v) is 22.1. The Bertz CT molecular complexity index is 1720. The molecule has 0 spiro atoms. The fraction of sp³-hybridized carbons (Fsp3) is 0.717. The zero-order valence-corrected chi connectivity index (χ0v) is 37.8. The van der Waals surface area contributed by atoms with Crippen LogP contribution in [-0.4, -0.2) is 139 Å². The number of carbonyl (C=O) groups is 5. The van der Waals surface area contributed by atoms with E-state index in [0.29, 0.717) is 32.5 Å². The third kappa shape index (κ3) is 11.8. The Hall–Kier alpha value is -3.69. The molecule has 10 atom stereocenters. The van der Waals surface area contributed by atoms with Crippen molar-refractivity contribution in [1.29, 1.82) is 0 Å². The number of hydroxylamine groups is 2. The fourth-order valence-corrected chi connectivity index (χ4v) is 9.44. The Balaban J connectivity index is 1.51. The van der Waals surface area contributed by atoms with Crippen LogP contribution in [0.2, 0.25) is 0 Å². The third-order valence-electron chi connectivity index (χ3n) is 13.2. The van der Waals surface area contributed by atoms with Crippen LogP contribution in [0.5, 0.6) is 0 Å². The first kappa shape index (κ1) is 49.0. The number of likely N-dealkylation sites (tertiary alicyclic amines) is 1. The van der Waals surface area contributed by atoms with Crippen LogP contribution in [0.4, 0.5) is 0 Å². The van der Waals surface area contributed by atoms with Crippen molar-refractivity contribution in [3.63, 3.8) is 0 Å². The molecule has 14 nitrogen and oxygen atoms in total. The molecule has 2 fully saturated rings. The van der Waals surface area contributed by atoms with Crippen LogP contribution < -0.4 is 5.32 Å². The molecular formula is C46H73N5O9. The number of Topliss-reactive ketones (excluding diaryl/α,β-unsaturated/α-hetero) is 2. The smallest absolute Gasteiger partial charge is 0.250 e. The Kier molecular flexibility index (Phi) is 18.7. The molecule has 0 radical (unpaired) electrons. The first-order valence-electron chi connectivity index (χ1n) is 22.1. The number of H-pyrrole nitrogens is 1. The molecule has 4 rings (SSSR count). The SMILES string of the molecule is CC[C@H](C)[C@@H]([C@@H](CC(=O)N1CCC[C@H]1[C@H](OC)[C@@H](C)C(=O)C[C@@H](Cc1c[nH]c2ccccc12)C(=O)N1CCCCO1)OC)N(C)C(=O)[C@@H](CC(=O)[C@@H](NC)[C@@H](C)O)C(C)C. The first-order chi connectivity index (χ1) is 28.6. The van der Waals surface area contributed by atoms with E-state index in [-0.39, 0.29) is 66.4 Å². The van der Waals surface area contributed by atoms with Crippen LogP contribution in [0.25, 0.3) is 10.9 Å². The van der Waals surface area contributed by atoms with E-state index in [1.807, 2.05) is 65.1 Å². The van der Waals surface area contributed by atoms with Gasteiger partial charge in [0, 0.05) is 76.1 Å². The predicted molar refractivity (Wildman–Crippen MR) is 231 cm³/mol. The molecule has 1 aromatic carbocycles. The highest BCUT2D eigenvalue weighted by molar-refractivity contribution is 5.91. The predicted octanol–water partition coefficient (Wildman–Crippen LogP) is 4.96. The van der Waals surface area contributed by atoms with E-state index < -0.39 is 48.1 Å². The Morgan fingerprint density at radius 3 is 2.28 bits per heavy atom. The van der Waals surface area contributed by atoms with Gasteiger partial charge in [0.05, 0.1) is 55.4 Å². The lowest BCUT2D eigenvalue weighted by Gasteiger charge is -2.41. The molecule has 3 amide bonds. The molecule has 14 heteroatoms. The van der Waals surface area contributed by atoms with Crippen LogP contribution >= 0.6 is 0 Å². The maximum Gasteiger partial charge on any atom is 0.250 e. The van der Waals surface area contributed by atoms with E-state index in [9.17, 15) is 29.1 Å². The van der Waals surface area contributed by atoms with Crippen molar-refractivity contribution in [2.75, 3.05) is 48.0 Å². The summed E-state index contributed by atoms with van der Waals surface area (Å²) >= 11 is 0. The van der Waals surface area contributed by atoms with Gasteiger partial charge in [0.1, 0.15) is 5.78 Å². The number of fused-ring (bicyclic) bond motifs is 1. The van der Waals surface area contributed by atoms with Crippen molar-refractivity contribution in [1.82, 2.24) is 25.2 Å². The lowest BCUT2D eigenvalue weighted by atomic mass is 9.84. The summed E-state index contributed by atoms with van der Waals surface area (Å²) < 4.78 is 12.1. The number of aromatic amines is 1. The molecule has 3 heterocycles.